The monoisotopic (exact) mass is 379 g/mol. The van der Waals surface area contributed by atoms with Crippen LogP contribution in [0.5, 0.6) is 17.2 Å². The van der Waals surface area contributed by atoms with E-state index in [0.29, 0.717) is 34.9 Å². The van der Waals surface area contributed by atoms with Crippen molar-refractivity contribution in [3.05, 3.63) is 59.3 Å². The van der Waals surface area contributed by atoms with Gasteiger partial charge in [-0.1, -0.05) is 6.07 Å². The van der Waals surface area contributed by atoms with Crippen LogP contribution in [0.15, 0.2) is 48.2 Å². The summed E-state index contributed by atoms with van der Waals surface area (Å²) in [6.45, 7) is 2.56. The summed E-state index contributed by atoms with van der Waals surface area (Å²) in [5, 5.41) is 10.2. The van der Waals surface area contributed by atoms with E-state index in [1.54, 1.807) is 19.1 Å². The number of rotatable bonds is 6. The molecule has 0 saturated carbocycles. The summed E-state index contributed by atoms with van der Waals surface area (Å²) in [6.07, 6.45) is 3.81. The summed E-state index contributed by atoms with van der Waals surface area (Å²) in [5.74, 6) is 1.42. The van der Waals surface area contributed by atoms with E-state index in [0.717, 1.165) is 16.5 Å². The lowest BCUT2D eigenvalue weighted by molar-refractivity contribution is 0.103. The van der Waals surface area contributed by atoms with Crippen LogP contribution in [0.3, 0.4) is 0 Å². The lowest BCUT2D eigenvalue weighted by Gasteiger charge is -2.08. The van der Waals surface area contributed by atoms with Crippen LogP contribution in [0.2, 0.25) is 0 Å². The molecule has 2 aromatic carbocycles. The van der Waals surface area contributed by atoms with Gasteiger partial charge in [0, 0.05) is 29.2 Å². The van der Waals surface area contributed by atoms with E-state index in [-0.39, 0.29) is 19.2 Å². The molecule has 1 aromatic heterocycles. The number of ketones is 1. The van der Waals surface area contributed by atoms with Crippen LogP contribution in [0, 0.1) is 0 Å². The van der Waals surface area contributed by atoms with Gasteiger partial charge in [-0.3, -0.25) is 4.79 Å². The van der Waals surface area contributed by atoms with Crippen molar-refractivity contribution in [1.29, 1.82) is 0 Å². The molecule has 6 heteroatoms. The summed E-state index contributed by atoms with van der Waals surface area (Å²) >= 11 is 0. The number of hydrogen-bond acceptors (Lipinski definition) is 5. The number of nitrogens with zero attached hydrogens (tertiary/aromatic N) is 1. The van der Waals surface area contributed by atoms with Crippen molar-refractivity contribution in [2.45, 2.75) is 13.5 Å². The van der Waals surface area contributed by atoms with Gasteiger partial charge in [-0.05, 0) is 54.5 Å². The zero-order valence-electron chi connectivity index (χ0n) is 15.8. The van der Waals surface area contributed by atoms with Crippen LogP contribution in [0.1, 0.15) is 22.8 Å². The minimum atomic E-state index is -0.102. The topological polar surface area (TPSA) is 69.9 Å². The maximum absolute atomic E-state index is 12.9. The number of carbonyl (C=O) groups is 1. The number of ether oxygens (including phenoxy) is 3. The smallest absolute Gasteiger partial charge is 0.231 e. The quantitative estimate of drug-likeness (QED) is 0.523. The first-order chi connectivity index (χ1) is 13.6. The van der Waals surface area contributed by atoms with Gasteiger partial charge in [-0.25, -0.2) is 0 Å². The Hall–Kier alpha value is -3.25. The van der Waals surface area contributed by atoms with Crippen LogP contribution in [-0.4, -0.2) is 36.0 Å². The predicted molar refractivity (Wildman–Crippen MR) is 106 cm³/mol. The van der Waals surface area contributed by atoms with E-state index in [1.165, 1.54) is 7.11 Å². The van der Waals surface area contributed by atoms with Crippen molar-refractivity contribution in [3.8, 4) is 17.2 Å². The van der Waals surface area contributed by atoms with E-state index >= 15 is 0 Å². The molecule has 28 heavy (non-hydrogen) atoms. The number of aliphatic hydroxyl groups is 1. The van der Waals surface area contributed by atoms with Crippen LogP contribution < -0.4 is 14.2 Å². The lowest BCUT2D eigenvalue weighted by Crippen LogP contribution is -2.02. The number of aromatic nitrogens is 1. The number of hydrogen-bond donors (Lipinski definition) is 1. The largest absolute Gasteiger partial charge is 0.493 e. The molecule has 0 amide bonds. The highest BCUT2D eigenvalue weighted by Gasteiger charge is 2.22. The Labute approximate surface area is 162 Å². The Morgan fingerprint density at radius 2 is 2.11 bits per heavy atom. The highest BCUT2D eigenvalue weighted by molar-refractivity contribution is 6.11. The minimum Gasteiger partial charge on any atom is -0.493 e. The summed E-state index contributed by atoms with van der Waals surface area (Å²) in [5.41, 5.74) is 3.09. The molecule has 0 unspecified atom stereocenters. The lowest BCUT2D eigenvalue weighted by atomic mass is 10.0. The van der Waals surface area contributed by atoms with Gasteiger partial charge in [-0.2, -0.15) is 0 Å². The molecule has 0 fully saturated rings. The Morgan fingerprint density at radius 1 is 1.25 bits per heavy atom. The number of Topliss-reactive ketones (excluding diaryl/α,β-unsaturated/α-hetero) is 1. The Balaban J connectivity index is 1.63. The molecule has 0 aliphatic carbocycles. The fourth-order valence-corrected chi connectivity index (χ4v) is 3.42. The Bertz CT molecular complexity index is 1080. The van der Waals surface area contributed by atoms with Crippen molar-refractivity contribution in [2.24, 2.45) is 0 Å². The van der Waals surface area contributed by atoms with Crippen molar-refractivity contribution in [1.82, 2.24) is 4.57 Å². The van der Waals surface area contributed by atoms with Gasteiger partial charge >= 0.3 is 0 Å². The maximum atomic E-state index is 12.9. The molecule has 1 aliphatic heterocycles. The van der Waals surface area contributed by atoms with Gasteiger partial charge in [-0.15, -0.1) is 0 Å². The SMILES string of the molecule is COc1cc(C(=O)/C(C)=C/c2ccc3c(ccn3CCO)c2)cc2c1OCO2. The predicted octanol–water partition coefficient (Wildman–Crippen LogP) is 3.66. The number of allylic oxidation sites excluding steroid dienone is 1. The summed E-state index contributed by atoms with van der Waals surface area (Å²) in [7, 11) is 1.53. The molecule has 2 heterocycles. The average molecular weight is 379 g/mol. The number of aliphatic hydroxyl groups excluding tert-OH is 1. The molecular weight excluding hydrogens is 358 g/mol. The van der Waals surface area contributed by atoms with Crippen molar-refractivity contribution in [3.63, 3.8) is 0 Å². The van der Waals surface area contributed by atoms with Crippen LogP contribution in [0.4, 0.5) is 0 Å². The first-order valence-corrected chi connectivity index (χ1v) is 9.01. The van der Waals surface area contributed by atoms with Crippen molar-refractivity contribution in [2.75, 3.05) is 20.5 Å². The van der Waals surface area contributed by atoms with Gasteiger partial charge in [0.15, 0.2) is 17.3 Å². The van der Waals surface area contributed by atoms with E-state index in [2.05, 4.69) is 0 Å². The molecule has 6 nitrogen and oxygen atoms in total. The number of fused-ring (bicyclic) bond motifs is 2. The van der Waals surface area contributed by atoms with Gasteiger partial charge in [0.25, 0.3) is 0 Å². The molecule has 1 aliphatic rings. The molecule has 3 aromatic rings. The average Bonchev–Trinajstić information content (AvgIpc) is 3.33. The molecule has 4 rings (SSSR count). The second-order valence-electron chi connectivity index (χ2n) is 6.62. The zero-order chi connectivity index (χ0) is 19.7. The number of methoxy groups -OCH3 is 1. The molecule has 0 saturated heterocycles. The van der Waals surface area contributed by atoms with Gasteiger partial charge in [0.05, 0.1) is 13.7 Å². The third-order valence-electron chi connectivity index (χ3n) is 4.80. The number of benzene rings is 2. The fraction of sp³-hybridized carbons (Fsp3) is 0.227. The van der Waals surface area contributed by atoms with E-state index < -0.39 is 0 Å². The van der Waals surface area contributed by atoms with Crippen LogP contribution >= 0.6 is 0 Å². The summed E-state index contributed by atoms with van der Waals surface area (Å²) < 4.78 is 18.1. The van der Waals surface area contributed by atoms with Crippen molar-refractivity contribution >= 4 is 22.8 Å². The molecule has 0 atom stereocenters. The molecule has 1 N–H and O–H groups in total. The van der Waals surface area contributed by atoms with Crippen molar-refractivity contribution < 1.29 is 24.1 Å². The highest BCUT2D eigenvalue weighted by Crippen LogP contribution is 2.42. The third-order valence-corrected chi connectivity index (χ3v) is 4.80. The fourth-order valence-electron chi connectivity index (χ4n) is 3.42. The zero-order valence-corrected chi connectivity index (χ0v) is 15.8. The summed E-state index contributed by atoms with van der Waals surface area (Å²) in [4.78, 5) is 12.9. The van der Waals surface area contributed by atoms with E-state index in [1.807, 2.05) is 41.1 Å². The van der Waals surface area contributed by atoms with Crippen LogP contribution in [0.25, 0.3) is 17.0 Å². The Kier molecular flexibility index (Phi) is 4.79. The second-order valence-corrected chi connectivity index (χ2v) is 6.62. The minimum absolute atomic E-state index is 0.0953. The third kappa shape index (κ3) is 3.23. The normalized spacial score (nSPS) is 13.2. The molecule has 0 radical (unpaired) electrons. The second kappa shape index (κ2) is 7.40. The van der Waals surface area contributed by atoms with Gasteiger partial charge in [0.2, 0.25) is 12.5 Å². The molecule has 0 bridgehead atoms. The maximum Gasteiger partial charge on any atom is 0.231 e. The standard InChI is InChI=1S/C22H21NO5/c1-14(9-15-3-4-18-16(10-15)5-6-23(18)7-8-24)21(25)17-11-19(26-2)22-20(12-17)27-13-28-22/h3-6,9-12,24H,7-8,13H2,1-2H3/b14-9+. The first-order valence-electron chi connectivity index (χ1n) is 9.01. The number of carbonyl (C=O) groups excluding carboxylic acids is 1. The molecular formula is C22H21NO5. The first kappa shape index (κ1) is 18.1. The summed E-state index contributed by atoms with van der Waals surface area (Å²) in [6, 6.07) is 11.3. The van der Waals surface area contributed by atoms with E-state index in [9.17, 15) is 4.79 Å². The van der Waals surface area contributed by atoms with E-state index in [4.69, 9.17) is 19.3 Å². The van der Waals surface area contributed by atoms with Crippen LogP contribution in [-0.2, 0) is 6.54 Å². The van der Waals surface area contributed by atoms with Gasteiger partial charge in [0.1, 0.15) is 0 Å². The molecule has 144 valence electrons. The Morgan fingerprint density at radius 3 is 2.89 bits per heavy atom. The van der Waals surface area contributed by atoms with Gasteiger partial charge < -0.3 is 23.9 Å². The highest BCUT2D eigenvalue weighted by atomic mass is 16.7. The molecule has 0 spiro atoms.